The van der Waals surface area contributed by atoms with Crippen LogP contribution in [-0.4, -0.2) is 11.5 Å². The molecule has 1 heterocycles. The average molecular weight is 289 g/mol. The van der Waals surface area contributed by atoms with Crippen molar-refractivity contribution in [2.24, 2.45) is 0 Å². The molecule has 2 atom stereocenters. The first kappa shape index (κ1) is 15.0. The minimum atomic E-state index is 0.276. The first-order valence-electron chi connectivity index (χ1n) is 7.02. The van der Waals surface area contributed by atoms with Gasteiger partial charge in [-0.15, -0.1) is 0 Å². The van der Waals surface area contributed by atoms with E-state index < -0.39 is 0 Å². The van der Waals surface area contributed by atoms with Crippen molar-refractivity contribution < 1.29 is 0 Å². The van der Waals surface area contributed by atoms with Crippen LogP contribution >= 0.6 is 11.6 Å². The minimum absolute atomic E-state index is 0.276. The maximum atomic E-state index is 6.13. The molecule has 3 heteroatoms. The molecule has 2 rings (SSSR count). The van der Waals surface area contributed by atoms with Crippen molar-refractivity contribution in [2.75, 3.05) is 6.54 Å². The summed E-state index contributed by atoms with van der Waals surface area (Å²) in [6.45, 7) is 7.36. The van der Waals surface area contributed by atoms with Crippen molar-refractivity contribution in [2.45, 2.75) is 32.7 Å². The van der Waals surface area contributed by atoms with Gasteiger partial charge >= 0.3 is 0 Å². The number of pyridine rings is 1. The molecule has 0 fully saturated rings. The molecule has 0 radical (unpaired) electrons. The Hall–Kier alpha value is -1.38. The topological polar surface area (TPSA) is 24.9 Å². The number of nitrogens with one attached hydrogen (secondary N) is 1. The Morgan fingerprint density at radius 3 is 2.45 bits per heavy atom. The zero-order valence-electron chi connectivity index (χ0n) is 12.2. The SMILES string of the molecule is CCNC(c1ccc(Cl)c(C)c1)C(C)c1ccncc1. The predicted molar refractivity (Wildman–Crippen MR) is 85.3 cm³/mol. The van der Waals surface area contributed by atoms with Gasteiger partial charge in [0, 0.05) is 29.4 Å². The number of hydrogen-bond acceptors (Lipinski definition) is 2. The normalized spacial score (nSPS) is 14.0. The Kier molecular flexibility index (Phi) is 5.16. The van der Waals surface area contributed by atoms with Crippen LogP contribution in [0.2, 0.25) is 5.02 Å². The molecule has 0 saturated carbocycles. The Morgan fingerprint density at radius 1 is 1.15 bits per heavy atom. The largest absolute Gasteiger partial charge is 0.310 e. The van der Waals surface area contributed by atoms with Crippen LogP contribution in [0.4, 0.5) is 0 Å². The summed E-state index contributed by atoms with van der Waals surface area (Å²) >= 11 is 6.13. The lowest BCUT2D eigenvalue weighted by Gasteiger charge is -2.26. The van der Waals surface area contributed by atoms with Crippen LogP contribution in [0, 0.1) is 6.92 Å². The number of nitrogens with zero attached hydrogens (tertiary/aromatic N) is 1. The Balaban J connectivity index is 2.33. The zero-order valence-corrected chi connectivity index (χ0v) is 13.0. The summed E-state index contributed by atoms with van der Waals surface area (Å²) in [5, 5.41) is 4.40. The van der Waals surface area contributed by atoms with Crippen molar-refractivity contribution in [1.82, 2.24) is 10.3 Å². The van der Waals surface area contributed by atoms with Crippen LogP contribution in [0.15, 0.2) is 42.7 Å². The van der Waals surface area contributed by atoms with E-state index >= 15 is 0 Å². The molecule has 0 aliphatic rings. The van der Waals surface area contributed by atoms with Gasteiger partial charge in [0.25, 0.3) is 0 Å². The summed E-state index contributed by atoms with van der Waals surface area (Å²) in [4.78, 5) is 4.09. The summed E-state index contributed by atoms with van der Waals surface area (Å²) in [7, 11) is 0. The lowest BCUT2D eigenvalue weighted by molar-refractivity contribution is 0.479. The molecular weight excluding hydrogens is 268 g/mol. The van der Waals surface area contributed by atoms with Gasteiger partial charge in [-0.05, 0) is 48.4 Å². The highest BCUT2D eigenvalue weighted by molar-refractivity contribution is 6.31. The molecule has 0 bridgehead atoms. The van der Waals surface area contributed by atoms with E-state index in [-0.39, 0.29) is 6.04 Å². The van der Waals surface area contributed by atoms with Gasteiger partial charge in [0.2, 0.25) is 0 Å². The van der Waals surface area contributed by atoms with Gasteiger partial charge in [0.05, 0.1) is 0 Å². The molecule has 1 aromatic carbocycles. The van der Waals surface area contributed by atoms with E-state index in [2.05, 4.69) is 48.4 Å². The van der Waals surface area contributed by atoms with Crippen LogP contribution in [0.25, 0.3) is 0 Å². The Labute approximate surface area is 126 Å². The third-order valence-electron chi connectivity index (χ3n) is 3.70. The number of aryl methyl sites for hydroxylation is 1. The molecule has 20 heavy (non-hydrogen) atoms. The standard InChI is InChI=1S/C17H21ClN2/c1-4-20-17(13(3)14-7-9-19-10-8-14)15-5-6-16(18)12(2)11-15/h5-11,13,17,20H,4H2,1-3H3. The van der Waals surface area contributed by atoms with Crippen molar-refractivity contribution in [3.63, 3.8) is 0 Å². The molecular formula is C17H21ClN2. The van der Waals surface area contributed by atoms with Crippen LogP contribution in [0.5, 0.6) is 0 Å². The summed E-state index contributed by atoms with van der Waals surface area (Å²) in [6, 6.07) is 10.7. The molecule has 0 saturated heterocycles. The van der Waals surface area contributed by atoms with Crippen molar-refractivity contribution in [3.8, 4) is 0 Å². The summed E-state index contributed by atoms with van der Waals surface area (Å²) in [5.41, 5.74) is 3.69. The third-order valence-corrected chi connectivity index (χ3v) is 4.12. The van der Waals surface area contributed by atoms with E-state index in [1.807, 2.05) is 25.4 Å². The third kappa shape index (κ3) is 3.38. The van der Waals surface area contributed by atoms with E-state index in [1.165, 1.54) is 11.1 Å². The monoisotopic (exact) mass is 288 g/mol. The summed E-state index contributed by atoms with van der Waals surface area (Å²) in [5.74, 6) is 0.374. The fourth-order valence-corrected chi connectivity index (χ4v) is 2.64. The minimum Gasteiger partial charge on any atom is -0.310 e. The molecule has 0 amide bonds. The van der Waals surface area contributed by atoms with E-state index in [0.29, 0.717) is 5.92 Å². The highest BCUT2D eigenvalue weighted by Gasteiger charge is 2.20. The van der Waals surface area contributed by atoms with Gasteiger partial charge in [0.15, 0.2) is 0 Å². The lowest BCUT2D eigenvalue weighted by Crippen LogP contribution is -2.25. The molecule has 0 aliphatic carbocycles. The molecule has 0 aliphatic heterocycles. The van der Waals surface area contributed by atoms with Crippen molar-refractivity contribution >= 4 is 11.6 Å². The van der Waals surface area contributed by atoms with E-state index in [1.54, 1.807) is 0 Å². The number of halogens is 1. The Bertz CT molecular complexity index is 554. The maximum absolute atomic E-state index is 6.13. The lowest BCUT2D eigenvalue weighted by atomic mass is 9.88. The van der Waals surface area contributed by atoms with Gasteiger partial charge in [-0.2, -0.15) is 0 Å². The average Bonchev–Trinajstić information content (AvgIpc) is 2.48. The molecule has 106 valence electrons. The van der Waals surface area contributed by atoms with Crippen LogP contribution in [0.3, 0.4) is 0 Å². The Morgan fingerprint density at radius 2 is 1.85 bits per heavy atom. The fourth-order valence-electron chi connectivity index (χ4n) is 2.52. The second-order valence-corrected chi connectivity index (χ2v) is 5.52. The van der Waals surface area contributed by atoms with Crippen LogP contribution < -0.4 is 5.32 Å². The second-order valence-electron chi connectivity index (χ2n) is 5.11. The summed E-state index contributed by atoms with van der Waals surface area (Å²) in [6.07, 6.45) is 3.70. The smallest absolute Gasteiger partial charge is 0.0435 e. The van der Waals surface area contributed by atoms with Gasteiger partial charge in [0.1, 0.15) is 0 Å². The fraction of sp³-hybridized carbons (Fsp3) is 0.353. The van der Waals surface area contributed by atoms with Crippen LogP contribution in [-0.2, 0) is 0 Å². The summed E-state index contributed by atoms with van der Waals surface area (Å²) < 4.78 is 0. The highest BCUT2D eigenvalue weighted by atomic mass is 35.5. The molecule has 2 aromatic rings. The number of rotatable bonds is 5. The number of likely N-dealkylation sites (N-methyl/N-ethyl adjacent to an activating group) is 1. The number of aromatic nitrogens is 1. The van der Waals surface area contributed by atoms with Crippen LogP contribution in [0.1, 0.15) is 42.5 Å². The quantitative estimate of drug-likeness (QED) is 0.876. The molecule has 1 N–H and O–H groups in total. The zero-order chi connectivity index (χ0) is 14.5. The van der Waals surface area contributed by atoms with Crippen molar-refractivity contribution in [3.05, 3.63) is 64.4 Å². The van der Waals surface area contributed by atoms with Gasteiger partial charge in [-0.1, -0.05) is 37.6 Å². The van der Waals surface area contributed by atoms with E-state index in [4.69, 9.17) is 11.6 Å². The van der Waals surface area contributed by atoms with Crippen molar-refractivity contribution in [1.29, 1.82) is 0 Å². The first-order chi connectivity index (χ1) is 9.63. The highest BCUT2D eigenvalue weighted by Crippen LogP contribution is 2.31. The molecule has 0 spiro atoms. The number of benzene rings is 1. The second kappa shape index (κ2) is 6.87. The first-order valence-corrected chi connectivity index (χ1v) is 7.40. The van der Waals surface area contributed by atoms with E-state index in [0.717, 1.165) is 17.1 Å². The number of hydrogen-bond donors (Lipinski definition) is 1. The molecule has 1 aromatic heterocycles. The molecule has 2 unspecified atom stereocenters. The predicted octanol–water partition coefficient (Wildman–Crippen LogP) is 4.50. The van der Waals surface area contributed by atoms with Gasteiger partial charge in [-0.25, -0.2) is 0 Å². The van der Waals surface area contributed by atoms with Gasteiger partial charge in [-0.3, -0.25) is 4.98 Å². The molecule has 2 nitrogen and oxygen atoms in total. The maximum Gasteiger partial charge on any atom is 0.0435 e. The van der Waals surface area contributed by atoms with E-state index in [9.17, 15) is 0 Å². The van der Waals surface area contributed by atoms with Gasteiger partial charge < -0.3 is 5.32 Å².